The Morgan fingerprint density at radius 3 is 2.84 bits per heavy atom. The molecule has 1 aliphatic rings. The summed E-state index contributed by atoms with van der Waals surface area (Å²) in [5.74, 6) is -0.0252. The van der Waals surface area contributed by atoms with Gasteiger partial charge in [0.15, 0.2) is 0 Å². The summed E-state index contributed by atoms with van der Waals surface area (Å²) in [6, 6.07) is 2.09. The van der Waals surface area contributed by atoms with Gasteiger partial charge in [0.2, 0.25) is 0 Å². The molecule has 0 bridgehead atoms. The molecule has 1 saturated heterocycles. The molecule has 1 N–H and O–H groups in total. The summed E-state index contributed by atoms with van der Waals surface area (Å²) in [5.41, 5.74) is 0.616. The molecule has 1 fully saturated rings. The van der Waals surface area contributed by atoms with Crippen molar-refractivity contribution in [2.24, 2.45) is 0 Å². The summed E-state index contributed by atoms with van der Waals surface area (Å²) in [6.45, 7) is 5.52. The van der Waals surface area contributed by atoms with Gasteiger partial charge in [-0.05, 0) is 47.8 Å². The number of hydrogen-bond donors (Lipinski definition) is 1. The number of hydrogen-bond acceptors (Lipinski definition) is 3. The Bertz CT molecular complexity index is 430. The Hall–Kier alpha value is -0.940. The first kappa shape index (κ1) is 14.5. The quantitative estimate of drug-likeness (QED) is 0.924. The van der Waals surface area contributed by atoms with Crippen molar-refractivity contribution in [3.8, 4) is 0 Å². The predicted octanol–water partition coefficient (Wildman–Crippen LogP) is 2.45. The minimum absolute atomic E-state index is 0.0252. The van der Waals surface area contributed by atoms with E-state index in [9.17, 15) is 4.79 Å². The summed E-state index contributed by atoms with van der Waals surface area (Å²) in [7, 11) is 0. The van der Waals surface area contributed by atoms with Gasteiger partial charge in [-0.2, -0.15) is 0 Å². The van der Waals surface area contributed by atoms with E-state index in [0.29, 0.717) is 11.6 Å². The molecule has 0 atom stereocenters. The van der Waals surface area contributed by atoms with Crippen LogP contribution in [-0.4, -0.2) is 41.5 Å². The van der Waals surface area contributed by atoms with Gasteiger partial charge in [0.05, 0.1) is 5.56 Å². The first-order valence-electron chi connectivity index (χ1n) is 6.83. The molecule has 0 aliphatic carbocycles. The van der Waals surface area contributed by atoms with E-state index in [-0.39, 0.29) is 5.91 Å². The van der Waals surface area contributed by atoms with Crippen LogP contribution in [0.5, 0.6) is 0 Å². The van der Waals surface area contributed by atoms with E-state index in [0.717, 1.165) is 36.9 Å². The summed E-state index contributed by atoms with van der Waals surface area (Å²) < 4.78 is 0.831. The summed E-state index contributed by atoms with van der Waals surface area (Å²) in [6.07, 6.45) is 6.55. The normalized spacial score (nSPS) is 17.4. The standard InChI is InChI=1S/C14H20BrN3O/c1-2-5-18-6-3-13(4-7-18)17-14(19)11-8-12(15)10-16-9-11/h8-10,13H,2-7H2,1H3,(H,17,19). The number of piperidine rings is 1. The number of aromatic nitrogens is 1. The number of carbonyl (C=O) groups is 1. The van der Waals surface area contributed by atoms with Crippen molar-refractivity contribution in [2.45, 2.75) is 32.2 Å². The molecule has 5 heteroatoms. The second kappa shape index (κ2) is 7.01. The Labute approximate surface area is 122 Å². The maximum atomic E-state index is 12.1. The molecule has 0 aromatic carbocycles. The molecule has 1 aliphatic heterocycles. The van der Waals surface area contributed by atoms with Gasteiger partial charge >= 0.3 is 0 Å². The minimum atomic E-state index is -0.0252. The highest BCUT2D eigenvalue weighted by Crippen LogP contribution is 2.13. The van der Waals surface area contributed by atoms with Crippen LogP contribution in [0.3, 0.4) is 0 Å². The van der Waals surface area contributed by atoms with E-state index in [4.69, 9.17) is 0 Å². The average Bonchev–Trinajstić information content (AvgIpc) is 2.41. The Morgan fingerprint density at radius 1 is 1.47 bits per heavy atom. The van der Waals surface area contributed by atoms with Gasteiger partial charge < -0.3 is 10.2 Å². The number of nitrogens with one attached hydrogen (secondary N) is 1. The highest BCUT2D eigenvalue weighted by atomic mass is 79.9. The highest BCUT2D eigenvalue weighted by molar-refractivity contribution is 9.10. The van der Waals surface area contributed by atoms with Crippen LogP contribution in [0.15, 0.2) is 22.9 Å². The fraction of sp³-hybridized carbons (Fsp3) is 0.571. The molecule has 19 heavy (non-hydrogen) atoms. The van der Waals surface area contributed by atoms with Crippen LogP contribution in [0.1, 0.15) is 36.5 Å². The number of amides is 1. The Balaban J connectivity index is 1.84. The first-order chi connectivity index (χ1) is 9.19. The predicted molar refractivity (Wildman–Crippen MR) is 79.2 cm³/mol. The lowest BCUT2D eigenvalue weighted by Crippen LogP contribution is -2.44. The zero-order chi connectivity index (χ0) is 13.7. The van der Waals surface area contributed by atoms with E-state index < -0.39 is 0 Å². The van der Waals surface area contributed by atoms with Crippen LogP contribution in [0, 0.1) is 0 Å². The molecule has 0 spiro atoms. The van der Waals surface area contributed by atoms with Crippen molar-refractivity contribution in [3.63, 3.8) is 0 Å². The third-order valence-corrected chi connectivity index (χ3v) is 3.86. The third kappa shape index (κ3) is 4.28. The SMILES string of the molecule is CCCN1CCC(NC(=O)c2cncc(Br)c2)CC1. The van der Waals surface area contributed by atoms with Crippen LogP contribution < -0.4 is 5.32 Å². The average molecular weight is 326 g/mol. The number of carbonyl (C=O) groups excluding carboxylic acids is 1. The molecule has 104 valence electrons. The smallest absolute Gasteiger partial charge is 0.253 e. The van der Waals surface area contributed by atoms with Crippen molar-refractivity contribution < 1.29 is 4.79 Å². The molecular formula is C14H20BrN3O. The van der Waals surface area contributed by atoms with Gasteiger partial charge in [-0.25, -0.2) is 0 Å². The van der Waals surface area contributed by atoms with Crippen molar-refractivity contribution in [1.29, 1.82) is 0 Å². The number of pyridine rings is 1. The second-order valence-corrected chi connectivity index (χ2v) is 5.90. The lowest BCUT2D eigenvalue weighted by atomic mass is 10.0. The van der Waals surface area contributed by atoms with Gasteiger partial charge in [-0.15, -0.1) is 0 Å². The molecule has 0 unspecified atom stereocenters. The summed E-state index contributed by atoms with van der Waals surface area (Å²) in [5, 5.41) is 3.10. The van der Waals surface area contributed by atoms with E-state index in [2.05, 4.69) is 38.1 Å². The third-order valence-electron chi connectivity index (χ3n) is 3.43. The maximum absolute atomic E-state index is 12.1. The van der Waals surface area contributed by atoms with Gasteiger partial charge in [0.1, 0.15) is 0 Å². The monoisotopic (exact) mass is 325 g/mol. The Kier molecular flexibility index (Phi) is 5.34. The van der Waals surface area contributed by atoms with E-state index in [1.54, 1.807) is 18.5 Å². The largest absolute Gasteiger partial charge is 0.349 e. The van der Waals surface area contributed by atoms with Crippen molar-refractivity contribution in [3.05, 3.63) is 28.5 Å². The lowest BCUT2D eigenvalue weighted by molar-refractivity contribution is 0.0910. The molecule has 0 saturated carbocycles. The van der Waals surface area contributed by atoms with Crippen LogP contribution in [0.25, 0.3) is 0 Å². The zero-order valence-electron chi connectivity index (χ0n) is 11.2. The Morgan fingerprint density at radius 2 is 2.21 bits per heavy atom. The number of halogens is 1. The topological polar surface area (TPSA) is 45.2 Å². The molecule has 1 aromatic rings. The maximum Gasteiger partial charge on any atom is 0.253 e. The van der Waals surface area contributed by atoms with Crippen molar-refractivity contribution in [2.75, 3.05) is 19.6 Å². The zero-order valence-corrected chi connectivity index (χ0v) is 12.8. The van der Waals surface area contributed by atoms with Crippen LogP contribution in [0.4, 0.5) is 0 Å². The molecule has 2 rings (SSSR count). The van der Waals surface area contributed by atoms with Gasteiger partial charge in [-0.1, -0.05) is 6.92 Å². The highest BCUT2D eigenvalue weighted by Gasteiger charge is 2.20. The van der Waals surface area contributed by atoms with Gasteiger partial charge in [-0.3, -0.25) is 9.78 Å². The molecule has 2 heterocycles. The van der Waals surface area contributed by atoms with E-state index >= 15 is 0 Å². The van der Waals surface area contributed by atoms with E-state index in [1.165, 1.54) is 6.42 Å². The number of nitrogens with zero attached hydrogens (tertiary/aromatic N) is 2. The van der Waals surface area contributed by atoms with E-state index in [1.807, 2.05) is 0 Å². The van der Waals surface area contributed by atoms with Crippen LogP contribution in [-0.2, 0) is 0 Å². The van der Waals surface area contributed by atoms with Crippen LogP contribution >= 0.6 is 15.9 Å². The fourth-order valence-electron chi connectivity index (χ4n) is 2.42. The number of rotatable bonds is 4. The van der Waals surface area contributed by atoms with Gasteiger partial charge in [0, 0.05) is 36.0 Å². The molecule has 1 aromatic heterocycles. The van der Waals surface area contributed by atoms with Crippen molar-refractivity contribution >= 4 is 21.8 Å². The minimum Gasteiger partial charge on any atom is -0.349 e. The molecule has 0 radical (unpaired) electrons. The summed E-state index contributed by atoms with van der Waals surface area (Å²) >= 11 is 3.33. The van der Waals surface area contributed by atoms with Crippen LogP contribution in [0.2, 0.25) is 0 Å². The lowest BCUT2D eigenvalue weighted by Gasteiger charge is -2.32. The summed E-state index contributed by atoms with van der Waals surface area (Å²) in [4.78, 5) is 18.6. The number of likely N-dealkylation sites (tertiary alicyclic amines) is 1. The molecule has 4 nitrogen and oxygen atoms in total. The second-order valence-electron chi connectivity index (χ2n) is 4.98. The first-order valence-corrected chi connectivity index (χ1v) is 7.62. The van der Waals surface area contributed by atoms with Gasteiger partial charge in [0.25, 0.3) is 5.91 Å². The van der Waals surface area contributed by atoms with Crippen molar-refractivity contribution in [1.82, 2.24) is 15.2 Å². The molecule has 1 amide bonds. The fourth-order valence-corrected chi connectivity index (χ4v) is 2.79. The molecular weight excluding hydrogens is 306 g/mol.